The summed E-state index contributed by atoms with van der Waals surface area (Å²) in [5.74, 6) is 0. The maximum Gasteiger partial charge on any atom is 0.508 e. The van der Waals surface area contributed by atoms with Crippen LogP contribution in [0.3, 0.4) is 0 Å². The Morgan fingerprint density at radius 2 is 1.50 bits per heavy atom. The molecule has 0 saturated heterocycles. The van der Waals surface area contributed by atoms with Crippen LogP contribution in [0, 0.1) is 0 Å². The molecule has 3 nitrogen and oxygen atoms in total. The van der Waals surface area contributed by atoms with Gasteiger partial charge in [0.1, 0.15) is 0 Å². The Balaban J connectivity index is 3.09. The molecule has 0 aliphatic carbocycles. The highest BCUT2D eigenvalue weighted by atomic mass is 79.9. The van der Waals surface area contributed by atoms with Crippen molar-refractivity contribution in [2.45, 2.75) is 51.9 Å². The van der Waals surface area contributed by atoms with Crippen molar-refractivity contribution in [2.75, 3.05) is 18.5 Å². The SMILES string of the molecule is CCCCCCCCOC(=O)OCCCBr. The Bertz CT molecular complexity index is 162. The van der Waals surface area contributed by atoms with E-state index in [0.717, 1.165) is 24.6 Å². The largest absolute Gasteiger partial charge is 0.508 e. The molecule has 0 aromatic heterocycles. The zero-order chi connectivity index (χ0) is 12.1. The molecule has 96 valence electrons. The number of carbonyl (C=O) groups excluding carboxylic acids is 1. The van der Waals surface area contributed by atoms with E-state index in [-0.39, 0.29) is 0 Å². The van der Waals surface area contributed by atoms with Crippen molar-refractivity contribution < 1.29 is 14.3 Å². The minimum absolute atomic E-state index is 0.431. The Morgan fingerprint density at radius 3 is 2.12 bits per heavy atom. The van der Waals surface area contributed by atoms with Gasteiger partial charge in [0.15, 0.2) is 0 Å². The van der Waals surface area contributed by atoms with E-state index in [4.69, 9.17) is 9.47 Å². The molecule has 0 radical (unpaired) electrons. The third-order valence-corrected chi connectivity index (χ3v) is 2.78. The highest BCUT2D eigenvalue weighted by Gasteiger charge is 2.02. The van der Waals surface area contributed by atoms with Gasteiger partial charge < -0.3 is 9.47 Å². The van der Waals surface area contributed by atoms with Gasteiger partial charge in [-0.2, -0.15) is 0 Å². The van der Waals surface area contributed by atoms with Crippen molar-refractivity contribution in [3.63, 3.8) is 0 Å². The summed E-state index contributed by atoms with van der Waals surface area (Å²) in [6.07, 6.45) is 7.45. The minimum Gasteiger partial charge on any atom is -0.434 e. The van der Waals surface area contributed by atoms with Gasteiger partial charge in [0.25, 0.3) is 0 Å². The maximum atomic E-state index is 11.0. The summed E-state index contributed by atoms with van der Waals surface area (Å²) in [7, 11) is 0. The number of rotatable bonds is 10. The molecule has 0 fully saturated rings. The molecule has 0 atom stereocenters. The summed E-state index contributed by atoms with van der Waals surface area (Å²) >= 11 is 3.26. The highest BCUT2D eigenvalue weighted by Crippen LogP contribution is 2.05. The van der Waals surface area contributed by atoms with Gasteiger partial charge in [0, 0.05) is 5.33 Å². The molecule has 0 spiro atoms. The molecule has 0 N–H and O–H groups in total. The van der Waals surface area contributed by atoms with Crippen LogP contribution < -0.4 is 0 Å². The molecule has 0 aromatic carbocycles. The summed E-state index contributed by atoms with van der Waals surface area (Å²) in [4.78, 5) is 11.0. The second-order valence-electron chi connectivity index (χ2n) is 3.76. The predicted octanol–water partition coefficient (Wildman–Crippen LogP) is 4.29. The van der Waals surface area contributed by atoms with Gasteiger partial charge in [-0.25, -0.2) is 4.79 Å². The van der Waals surface area contributed by atoms with Crippen LogP contribution >= 0.6 is 15.9 Å². The number of halogens is 1. The van der Waals surface area contributed by atoms with Crippen LogP contribution in [0.4, 0.5) is 4.79 Å². The van der Waals surface area contributed by atoms with E-state index in [9.17, 15) is 4.79 Å². The van der Waals surface area contributed by atoms with Crippen molar-refractivity contribution in [3.8, 4) is 0 Å². The first-order valence-corrected chi connectivity index (χ1v) is 7.29. The monoisotopic (exact) mass is 294 g/mol. The fourth-order valence-electron chi connectivity index (χ4n) is 1.29. The fourth-order valence-corrected chi connectivity index (χ4v) is 1.52. The second kappa shape index (κ2) is 12.8. The molecular formula is C12H23BrO3. The summed E-state index contributed by atoms with van der Waals surface area (Å²) in [6.45, 7) is 3.12. The van der Waals surface area contributed by atoms with Crippen LogP contribution in [-0.4, -0.2) is 24.7 Å². The third-order valence-electron chi connectivity index (χ3n) is 2.22. The Morgan fingerprint density at radius 1 is 0.938 bits per heavy atom. The zero-order valence-corrected chi connectivity index (χ0v) is 11.8. The molecule has 0 amide bonds. The highest BCUT2D eigenvalue weighted by molar-refractivity contribution is 9.09. The summed E-state index contributed by atoms with van der Waals surface area (Å²) < 4.78 is 9.76. The Hall–Kier alpha value is -0.250. The van der Waals surface area contributed by atoms with Crippen molar-refractivity contribution >= 4 is 22.1 Å². The van der Waals surface area contributed by atoms with Crippen LogP contribution in [0.5, 0.6) is 0 Å². The normalized spacial score (nSPS) is 10.1. The summed E-state index contributed by atoms with van der Waals surface area (Å²) in [5, 5.41) is 0.845. The van der Waals surface area contributed by atoms with Crippen LogP contribution in [0.25, 0.3) is 0 Å². The lowest BCUT2D eigenvalue weighted by Gasteiger charge is -2.05. The molecule has 0 aliphatic rings. The van der Waals surface area contributed by atoms with Crippen molar-refractivity contribution in [2.24, 2.45) is 0 Å². The number of unbranched alkanes of at least 4 members (excludes halogenated alkanes) is 5. The van der Waals surface area contributed by atoms with E-state index in [0.29, 0.717) is 13.2 Å². The number of hydrogen-bond acceptors (Lipinski definition) is 3. The average Bonchev–Trinajstić information content (AvgIpc) is 2.28. The topological polar surface area (TPSA) is 35.5 Å². The number of ether oxygens (including phenoxy) is 2. The van der Waals surface area contributed by atoms with E-state index in [1.54, 1.807) is 0 Å². The molecule has 0 aromatic rings. The van der Waals surface area contributed by atoms with E-state index >= 15 is 0 Å². The lowest BCUT2D eigenvalue weighted by Crippen LogP contribution is -2.09. The summed E-state index contributed by atoms with van der Waals surface area (Å²) in [5.41, 5.74) is 0. The molecule has 0 aliphatic heterocycles. The van der Waals surface area contributed by atoms with Gasteiger partial charge in [-0.3, -0.25) is 0 Å². The third kappa shape index (κ3) is 11.8. The molecule has 0 bridgehead atoms. The fraction of sp³-hybridized carbons (Fsp3) is 0.917. The molecule has 0 rings (SSSR count). The Kier molecular flexibility index (Phi) is 12.6. The van der Waals surface area contributed by atoms with Crippen LogP contribution in [0.15, 0.2) is 0 Å². The molecular weight excluding hydrogens is 272 g/mol. The van der Waals surface area contributed by atoms with Gasteiger partial charge in [-0.15, -0.1) is 0 Å². The van der Waals surface area contributed by atoms with Crippen molar-refractivity contribution in [3.05, 3.63) is 0 Å². The Labute approximate surface area is 107 Å². The van der Waals surface area contributed by atoms with Gasteiger partial charge in [-0.1, -0.05) is 55.0 Å². The van der Waals surface area contributed by atoms with E-state index in [1.165, 1.54) is 25.7 Å². The van der Waals surface area contributed by atoms with Crippen LogP contribution in [0.2, 0.25) is 0 Å². The van der Waals surface area contributed by atoms with Gasteiger partial charge in [0.05, 0.1) is 13.2 Å². The van der Waals surface area contributed by atoms with Crippen LogP contribution in [0.1, 0.15) is 51.9 Å². The van der Waals surface area contributed by atoms with Crippen molar-refractivity contribution in [1.82, 2.24) is 0 Å². The first kappa shape index (κ1) is 15.8. The maximum absolute atomic E-state index is 11.0. The number of hydrogen-bond donors (Lipinski definition) is 0. The van der Waals surface area contributed by atoms with E-state index in [2.05, 4.69) is 22.9 Å². The van der Waals surface area contributed by atoms with Crippen LogP contribution in [-0.2, 0) is 9.47 Å². The van der Waals surface area contributed by atoms with Crippen molar-refractivity contribution in [1.29, 1.82) is 0 Å². The molecule has 16 heavy (non-hydrogen) atoms. The van der Waals surface area contributed by atoms with Gasteiger partial charge >= 0.3 is 6.16 Å². The van der Waals surface area contributed by atoms with Gasteiger partial charge in [-0.05, 0) is 12.8 Å². The summed E-state index contributed by atoms with van der Waals surface area (Å²) in [6, 6.07) is 0. The average molecular weight is 295 g/mol. The lowest BCUT2D eigenvalue weighted by molar-refractivity contribution is 0.0544. The first-order chi connectivity index (χ1) is 7.81. The second-order valence-corrected chi connectivity index (χ2v) is 4.55. The minimum atomic E-state index is -0.533. The quantitative estimate of drug-likeness (QED) is 0.343. The van der Waals surface area contributed by atoms with E-state index < -0.39 is 6.16 Å². The smallest absolute Gasteiger partial charge is 0.434 e. The molecule has 0 heterocycles. The molecule has 0 unspecified atom stereocenters. The van der Waals surface area contributed by atoms with Gasteiger partial charge in [0.2, 0.25) is 0 Å². The zero-order valence-electron chi connectivity index (χ0n) is 10.2. The number of alkyl halides is 1. The molecule has 4 heteroatoms. The standard InChI is InChI=1S/C12H23BrO3/c1-2-3-4-5-6-7-10-15-12(14)16-11-8-9-13/h2-11H2,1H3. The van der Waals surface area contributed by atoms with E-state index in [1.807, 2.05) is 0 Å². The molecule has 0 saturated carbocycles. The predicted molar refractivity (Wildman–Crippen MR) is 69.1 cm³/mol. The number of carbonyl (C=O) groups is 1. The first-order valence-electron chi connectivity index (χ1n) is 6.16. The lowest BCUT2D eigenvalue weighted by atomic mass is 10.1.